The lowest BCUT2D eigenvalue weighted by Gasteiger charge is -2.04. The van der Waals surface area contributed by atoms with Gasteiger partial charge in [-0.1, -0.05) is 12.1 Å². The Kier molecular flexibility index (Phi) is 6.21. The van der Waals surface area contributed by atoms with Gasteiger partial charge >= 0.3 is 0 Å². The van der Waals surface area contributed by atoms with Gasteiger partial charge in [0.15, 0.2) is 0 Å². The van der Waals surface area contributed by atoms with E-state index in [1.165, 1.54) is 0 Å². The van der Waals surface area contributed by atoms with Gasteiger partial charge in [-0.3, -0.25) is 10.1 Å². The molecule has 17 heavy (non-hydrogen) atoms. The van der Waals surface area contributed by atoms with Crippen LogP contribution in [0.2, 0.25) is 0 Å². The number of hydrogen-bond donors (Lipinski definition) is 1. The number of nitrogens with zero attached hydrogens (tertiary/aromatic N) is 1. The summed E-state index contributed by atoms with van der Waals surface area (Å²) in [7, 11) is 1.68. The molecule has 94 valence electrons. The molecule has 0 aliphatic heterocycles. The molecule has 0 unspecified atom stereocenters. The van der Waals surface area contributed by atoms with Gasteiger partial charge in [0.1, 0.15) is 0 Å². The summed E-state index contributed by atoms with van der Waals surface area (Å²) in [5.41, 5.74) is 1.27. The van der Waals surface area contributed by atoms with Crippen LogP contribution in [0.15, 0.2) is 24.3 Å². The van der Waals surface area contributed by atoms with Gasteiger partial charge in [0.05, 0.1) is 11.5 Å². The zero-order valence-electron chi connectivity index (χ0n) is 10.0. The fourth-order valence-electron chi connectivity index (χ4n) is 1.50. The van der Waals surface area contributed by atoms with Gasteiger partial charge in [-0.05, 0) is 24.9 Å². The molecule has 0 amide bonds. The minimum atomic E-state index is -0.379. The highest BCUT2D eigenvalue weighted by Gasteiger charge is 2.03. The van der Waals surface area contributed by atoms with Gasteiger partial charge in [-0.25, -0.2) is 0 Å². The van der Waals surface area contributed by atoms with Crippen LogP contribution < -0.4 is 5.32 Å². The summed E-state index contributed by atoms with van der Waals surface area (Å²) in [5, 5.41) is 13.7. The van der Waals surface area contributed by atoms with Crippen LogP contribution in [0.3, 0.4) is 0 Å². The lowest BCUT2D eigenvalue weighted by atomic mass is 10.1. The van der Waals surface area contributed by atoms with Crippen LogP contribution in [0.1, 0.15) is 12.0 Å². The molecule has 0 bridgehead atoms. The van der Waals surface area contributed by atoms with E-state index in [0.29, 0.717) is 0 Å². The number of nitrogens with one attached hydrogen (secondary N) is 1. The van der Waals surface area contributed by atoms with E-state index < -0.39 is 0 Å². The molecule has 1 aromatic carbocycles. The summed E-state index contributed by atoms with van der Waals surface area (Å²) in [4.78, 5) is 10.1. The average Bonchev–Trinajstić information content (AvgIpc) is 2.34. The van der Waals surface area contributed by atoms with Gasteiger partial charge in [-0.2, -0.15) is 0 Å². The van der Waals surface area contributed by atoms with Crippen molar-refractivity contribution < 1.29 is 9.66 Å². The Balaban J connectivity index is 2.21. The second-order valence-electron chi connectivity index (χ2n) is 3.77. The molecule has 1 rings (SSSR count). The van der Waals surface area contributed by atoms with Gasteiger partial charge in [0.25, 0.3) is 5.69 Å². The number of benzene rings is 1. The van der Waals surface area contributed by atoms with Gasteiger partial charge in [0, 0.05) is 25.8 Å². The Morgan fingerprint density at radius 1 is 1.29 bits per heavy atom. The lowest BCUT2D eigenvalue weighted by Crippen LogP contribution is -2.20. The zero-order chi connectivity index (χ0) is 12.5. The van der Waals surface area contributed by atoms with Crippen molar-refractivity contribution in [1.82, 2.24) is 5.32 Å². The molecule has 0 radical (unpaired) electrons. The van der Waals surface area contributed by atoms with E-state index in [2.05, 4.69) is 5.32 Å². The molecular formula is C12H18N2O3. The van der Waals surface area contributed by atoms with Crippen LogP contribution in [0.5, 0.6) is 0 Å². The standard InChI is InChI=1S/C12H18N2O3/c1-17-10-9-13-8-2-3-11-4-6-12(7-5-11)14(15)16/h4-7,13H,2-3,8-10H2,1H3. The van der Waals surface area contributed by atoms with Crippen LogP contribution in [-0.2, 0) is 11.2 Å². The summed E-state index contributed by atoms with van der Waals surface area (Å²) in [6.45, 7) is 2.51. The fourth-order valence-corrected chi connectivity index (χ4v) is 1.50. The molecule has 0 aromatic heterocycles. The zero-order valence-corrected chi connectivity index (χ0v) is 10.0. The SMILES string of the molecule is COCCNCCCc1ccc([N+](=O)[O-])cc1. The van der Waals surface area contributed by atoms with Crippen molar-refractivity contribution in [2.45, 2.75) is 12.8 Å². The third kappa shape index (κ3) is 5.42. The molecule has 1 aromatic rings. The number of non-ortho nitro benzene ring substituents is 1. The molecule has 0 spiro atoms. The Morgan fingerprint density at radius 3 is 2.59 bits per heavy atom. The summed E-state index contributed by atoms with van der Waals surface area (Å²) >= 11 is 0. The van der Waals surface area contributed by atoms with E-state index in [9.17, 15) is 10.1 Å². The lowest BCUT2D eigenvalue weighted by molar-refractivity contribution is -0.384. The van der Waals surface area contributed by atoms with Crippen LogP contribution in [0.25, 0.3) is 0 Å². The fraction of sp³-hybridized carbons (Fsp3) is 0.500. The average molecular weight is 238 g/mol. The van der Waals surface area contributed by atoms with E-state index >= 15 is 0 Å². The molecule has 1 N–H and O–H groups in total. The largest absolute Gasteiger partial charge is 0.383 e. The molecule has 0 saturated carbocycles. The summed E-state index contributed by atoms with van der Waals surface area (Å²) < 4.78 is 4.92. The highest BCUT2D eigenvalue weighted by atomic mass is 16.6. The first-order valence-electron chi connectivity index (χ1n) is 5.67. The molecule has 5 nitrogen and oxygen atoms in total. The summed E-state index contributed by atoms with van der Waals surface area (Å²) in [5.74, 6) is 0. The second kappa shape index (κ2) is 7.76. The Hall–Kier alpha value is -1.46. The summed E-state index contributed by atoms with van der Waals surface area (Å²) in [6, 6.07) is 6.72. The third-order valence-corrected chi connectivity index (χ3v) is 2.45. The smallest absolute Gasteiger partial charge is 0.269 e. The normalized spacial score (nSPS) is 10.4. The van der Waals surface area contributed by atoms with Crippen LogP contribution in [-0.4, -0.2) is 31.7 Å². The predicted octanol–water partition coefficient (Wildman–Crippen LogP) is 1.76. The van der Waals surface area contributed by atoms with E-state index in [4.69, 9.17) is 4.74 Å². The molecular weight excluding hydrogens is 220 g/mol. The molecule has 0 heterocycles. The number of nitro benzene ring substituents is 1. The van der Waals surface area contributed by atoms with Crippen molar-refractivity contribution in [2.75, 3.05) is 26.8 Å². The highest BCUT2D eigenvalue weighted by Crippen LogP contribution is 2.12. The molecule has 0 fully saturated rings. The first kappa shape index (κ1) is 13.6. The van der Waals surface area contributed by atoms with Crippen molar-refractivity contribution in [1.29, 1.82) is 0 Å². The van der Waals surface area contributed by atoms with Crippen molar-refractivity contribution in [3.05, 3.63) is 39.9 Å². The predicted molar refractivity (Wildman–Crippen MR) is 66.2 cm³/mol. The van der Waals surface area contributed by atoms with E-state index in [0.717, 1.165) is 38.1 Å². The van der Waals surface area contributed by atoms with E-state index in [-0.39, 0.29) is 10.6 Å². The number of hydrogen-bond acceptors (Lipinski definition) is 4. The van der Waals surface area contributed by atoms with Crippen molar-refractivity contribution >= 4 is 5.69 Å². The number of nitro groups is 1. The molecule has 0 atom stereocenters. The number of methoxy groups -OCH3 is 1. The third-order valence-electron chi connectivity index (χ3n) is 2.45. The number of aryl methyl sites for hydroxylation is 1. The number of ether oxygens (including phenoxy) is 1. The molecule has 0 saturated heterocycles. The van der Waals surface area contributed by atoms with E-state index in [1.54, 1.807) is 19.2 Å². The van der Waals surface area contributed by atoms with Crippen molar-refractivity contribution in [3.63, 3.8) is 0 Å². The first-order chi connectivity index (χ1) is 8.24. The first-order valence-corrected chi connectivity index (χ1v) is 5.67. The quantitative estimate of drug-likeness (QED) is 0.426. The number of rotatable bonds is 8. The summed E-state index contributed by atoms with van der Waals surface area (Å²) in [6.07, 6.45) is 1.94. The van der Waals surface area contributed by atoms with Crippen LogP contribution >= 0.6 is 0 Å². The minimum Gasteiger partial charge on any atom is -0.383 e. The van der Waals surface area contributed by atoms with Crippen molar-refractivity contribution in [2.24, 2.45) is 0 Å². The van der Waals surface area contributed by atoms with Crippen molar-refractivity contribution in [3.8, 4) is 0 Å². The highest BCUT2D eigenvalue weighted by molar-refractivity contribution is 5.32. The van der Waals surface area contributed by atoms with E-state index in [1.807, 2.05) is 12.1 Å². The van der Waals surface area contributed by atoms with Gasteiger partial charge in [-0.15, -0.1) is 0 Å². The maximum atomic E-state index is 10.5. The molecule has 5 heteroatoms. The van der Waals surface area contributed by atoms with Gasteiger partial charge in [0.2, 0.25) is 0 Å². The Morgan fingerprint density at radius 2 is 2.00 bits per heavy atom. The molecule has 0 aliphatic carbocycles. The monoisotopic (exact) mass is 238 g/mol. The van der Waals surface area contributed by atoms with Gasteiger partial charge < -0.3 is 10.1 Å². The Bertz CT molecular complexity index is 338. The maximum Gasteiger partial charge on any atom is 0.269 e. The minimum absolute atomic E-state index is 0.145. The maximum absolute atomic E-state index is 10.5. The van der Waals surface area contributed by atoms with Crippen LogP contribution in [0.4, 0.5) is 5.69 Å². The topological polar surface area (TPSA) is 64.4 Å². The second-order valence-corrected chi connectivity index (χ2v) is 3.77. The van der Waals surface area contributed by atoms with Crippen LogP contribution in [0, 0.1) is 10.1 Å². The molecule has 0 aliphatic rings. The Labute approximate surface area is 101 Å².